The van der Waals surface area contributed by atoms with Crippen LogP contribution in [0.15, 0.2) is 12.3 Å². The molecule has 4 heteroatoms. The van der Waals surface area contributed by atoms with Gasteiger partial charge in [0, 0.05) is 12.2 Å². The molecule has 0 aromatic carbocycles. The average Bonchev–Trinajstić information content (AvgIpc) is 2.21. The minimum atomic E-state index is 0.304. The van der Waals surface area contributed by atoms with Gasteiger partial charge in [0.1, 0.15) is 6.07 Å². The van der Waals surface area contributed by atoms with Crippen LogP contribution in [0.1, 0.15) is 25.8 Å². The number of nitrogens with one attached hydrogen (secondary N) is 1. The van der Waals surface area contributed by atoms with E-state index in [1.165, 1.54) is 0 Å². The van der Waals surface area contributed by atoms with Gasteiger partial charge in [0.15, 0.2) is 5.82 Å². The summed E-state index contributed by atoms with van der Waals surface area (Å²) in [6.07, 6.45) is 2.57. The number of anilines is 2. The summed E-state index contributed by atoms with van der Waals surface area (Å²) in [5.41, 5.74) is 6.64. The zero-order valence-electron chi connectivity index (χ0n) is 8.41. The van der Waals surface area contributed by atoms with Crippen LogP contribution in [-0.2, 0) is 0 Å². The van der Waals surface area contributed by atoms with Crippen LogP contribution < -0.4 is 11.1 Å². The Morgan fingerprint density at radius 2 is 2.43 bits per heavy atom. The number of hydrogen-bond donors (Lipinski definition) is 2. The number of pyridine rings is 1. The van der Waals surface area contributed by atoms with E-state index in [4.69, 9.17) is 11.0 Å². The van der Waals surface area contributed by atoms with Crippen LogP contribution in [0.25, 0.3) is 0 Å². The van der Waals surface area contributed by atoms with Crippen LogP contribution in [0.2, 0.25) is 0 Å². The van der Waals surface area contributed by atoms with E-state index in [1.807, 2.05) is 13.0 Å². The molecule has 0 bridgehead atoms. The Balaban J connectivity index is 2.94. The van der Waals surface area contributed by atoms with E-state index in [0.717, 1.165) is 6.42 Å². The van der Waals surface area contributed by atoms with Crippen molar-refractivity contribution in [3.05, 3.63) is 17.8 Å². The van der Waals surface area contributed by atoms with Crippen molar-refractivity contribution in [3.8, 4) is 6.07 Å². The third kappa shape index (κ3) is 2.13. The summed E-state index contributed by atoms with van der Waals surface area (Å²) >= 11 is 0. The summed E-state index contributed by atoms with van der Waals surface area (Å²) < 4.78 is 0. The first-order chi connectivity index (χ1) is 6.69. The highest BCUT2D eigenvalue weighted by molar-refractivity contribution is 5.68. The molecule has 0 radical (unpaired) electrons. The van der Waals surface area contributed by atoms with Crippen molar-refractivity contribution >= 4 is 11.5 Å². The molecule has 14 heavy (non-hydrogen) atoms. The molecule has 74 valence electrons. The number of nitrogens with two attached hydrogens (primary N) is 1. The highest BCUT2D eigenvalue weighted by atomic mass is 15.0. The van der Waals surface area contributed by atoms with Crippen molar-refractivity contribution in [3.63, 3.8) is 0 Å². The smallest absolute Gasteiger partial charge is 0.150 e. The fraction of sp³-hybridized carbons (Fsp3) is 0.400. The van der Waals surface area contributed by atoms with Crippen LogP contribution in [0.4, 0.5) is 11.5 Å². The lowest BCUT2D eigenvalue weighted by Gasteiger charge is -2.13. The minimum Gasteiger partial charge on any atom is -0.395 e. The van der Waals surface area contributed by atoms with Crippen molar-refractivity contribution in [2.75, 3.05) is 11.1 Å². The van der Waals surface area contributed by atoms with Gasteiger partial charge < -0.3 is 11.1 Å². The zero-order valence-corrected chi connectivity index (χ0v) is 8.41. The molecular formula is C10H14N4. The maximum absolute atomic E-state index is 8.75. The van der Waals surface area contributed by atoms with E-state index < -0.39 is 0 Å². The van der Waals surface area contributed by atoms with E-state index in [1.54, 1.807) is 12.3 Å². The first-order valence-electron chi connectivity index (χ1n) is 4.60. The Hall–Kier alpha value is -1.76. The van der Waals surface area contributed by atoms with Gasteiger partial charge in [-0.05, 0) is 19.4 Å². The second-order valence-electron chi connectivity index (χ2n) is 3.19. The minimum absolute atomic E-state index is 0.304. The SMILES string of the molecule is CCC(C)Nc1nccc(C#N)c1N. The predicted octanol–water partition coefficient (Wildman–Crippen LogP) is 1.75. The van der Waals surface area contributed by atoms with Gasteiger partial charge in [-0.25, -0.2) is 4.98 Å². The van der Waals surface area contributed by atoms with E-state index in [2.05, 4.69) is 17.2 Å². The Morgan fingerprint density at radius 3 is 3.00 bits per heavy atom. The van der Waals surface area contributed by atoms with Gasteiger partial charge in [-0.15, -0.1) is 0 Å². The fourth-order valence-electron chi connectivity index (χ4n) is 1.02. The van der Waals surface area contributed by atoms with Crippen molar-refractivity contribution in [1.29, 1.82) is 5.26 Å². The van der Waals surface area contributed by atoms with Crippen molar-refractivity contribution in [2.24, 2.45) is 0 Å². The Kier molecular flexibility index (Phi) is 3.29. The molecule has 1 heterocycles. The lowest BCUT2D eigenvalue weighted by Crippen LogP contribution is -2.16. The van der Waals surface area contributed by atoms with Gasteiger partial charge in [-0.2, -0.15) is 5.26 Å². The number of nitrogen functional groups attached to an aromatic ring is 1. The molecule has 0 aliphatic heterocycles. The van der Waals surface area contributed by atoms with Crippen LogP contribution in [0, 0.1) is 11.3 Å². The number of nitrogens with zero attached hydrogens (tertiary/aromatic N) is 2. The number of nitriles is 1. The van der Waals surface area contributed by atoms with Crippen molar-refractivity contribution < 1.29 is 0 Å². The van der Waals surface area contributed by atoms with Crippen molar-refractivity contribution in [2.45, 2.75) is 26.3 Å². The first kappa shape index (κ1) is 10.3. The standard InChI is InChI=1S/C10H14N4/c1-3-7(2)14-10-9(12)8(6-11)4-5-13-10/h4-5,7H,3,12H2,1-2H3,(H,13,14). The van der Waals surface area contributed by atoms with Gasteiger partial charge in [0.05, 0.1) is 11.3 Å². The summed E-state index contributed by atoms with van der Waals surface area (Å²) in [6.45, 7) is 4.11. The molecule has 0 aliphatic carbocycles. The Bertz CT molecular complexity index is 354. The quantitative estimate of drug-likeness (QED) is 0.761. The summed E-state index contributed by atoms with van der Waals surface area (Å²) in [6, 6.07) is 3.93. The van der Waals surface area contributed by atoms with Gasteiger partial charge in [0.2, 0.25) is 0 Å². The third-order valence-corrected chi connectivity index (χ3v) is 2.11. The van der Waals surface area contributed by atoms with Gasteiger partial charge in [-0.3, -0.25) is 0 Å². The second kappa shape index (κ2) is 4.47. The maximum Gasteiger partial charge on any atom is 0.150 e. The molecule has 1 aromatic heterocycles. The van der Waals surface area contributed by atoms with Crippen LogP contribution >= 0.6 is 0 Å². The normalized spacial score (nSPS) is 11.8. The Morgan fingerprint density at radius 1 is 1.71 bits per heavy atom. The molecule has 1 unspecified atom stereocenters. The molecule has 0 saturated carbocycles. The Labute approximate surface area is 83.8 Å². The van der Waals surface area contributed by atoms with Gasteiger partial charge in [-0.1, -0.05) is 6.92 Å². The van der Waals surface area contributed by atoms with Crippen LogP contribution in [-0.4, -0.2) is 11.0 Å². The van der Waals surface area contributed by atoms with Crippen molar-refractivity contribution in [1.82, 2.24) is 4.98 Å². The van der Waals surface area contributed by atoms with Crippen LogP contribution in [0.5, 0.6) is 0 Å². The zero-order chi connectivity index (χ0) is 10.6. The van der Waals surface area contributed by atoms with Gasteiger partial charge >= 0.3 is 0 Å². The topological polar surface area (TPSA) is 74.7 Å². The average molecular weight is 190 g/mol. The van der Waals surface area contributed by atoms with Crippen LogP contribution in [0.3, 0.4) is 0 Å². The van der Waals surface area contributed by atoms with E-state index in [-0.39, 0.29) is 0 Å². The number of rotatable bonds is 3. The predicted molar refractivity (Wildman–Crippen MR) is 56.7 cm³/mol. The highest BCUT2D eigenvalue weighted by Crippen LogP contribution is 2.19. The molecule has 0 spiro atoms. The van der Waals surface area contributed by atoms with E-state index >= 15 is 0 Å². The molecule has 3 N–H and O–H groups in total. The molecule has 1 atom stereocenters. The maximum atomic E-state index is 8.75. The monoisotopic (exact) mass is 190 g/mol. The van der Waals surface area contributed by atoms with E-state index in [9.17, 15) is 0 Å². The third-order valence-electron chi connectivity index (χ3n) is 2.11. The first-order valence-corrected chi connectivity index (χ1v) is 4.60. The second-order valence-corrected chi connectivity index (χ2v) is 3.19. The van der Waals surface area contributed by atoms with Gasteiger partial charge in [0.25, 0.3) is 0 Å². The lowest BCUT2D eigenvalue weighted by atomic mass is 10.2. The highest BCUT2D eigenvalue weighted by Gasteiger charge is 2.07. The largest absolute Gasteiger partial charge is 0.395 e. The molecule has 0 aliphatic rings. The summed E-state index contributed by atoms with van der Waals surface area (Å²) in [7, 11) is 0. The fourth-order valence-corrected chi connectivity index (χ4v) is 1.02. The molecule has 0 fully saturated rings. The molecule has 0 saturated heterocycles. The summed E-state index contributed by atoms with van der Waals surface area (Å²) in [5.74, 6) is 0.596. The summed E-state index contributed by atoms with van der Waals surface area (Å²) in [5, 5.41) is 11.9. The molecule has 4 nitrogen and oxygen atoms in total. The molecular weight excluding hydrogens is 176 g/mol. The number of aromatic nitrogens is 1. The molecule has 0 amide bonds. The number of hydrogen-bond acceptors (Lipinski definition) is 4. The summed E-state index contributed by atoms with van der Waals surface area (Å²) in [4.78, 5) is 4.09. The van der Waals surface area contributed by atoms with E-state index in [0.29, 0.717) is 23.1 Å². The lowest BCUT2D eigenvalue weighted by molar-refractivity contribution is 0.759. The molecule has 1 rings (SSSR count). The molecule has 1 aromatic rings.